The fourth-order valence-electron chi connectivity index (χ4n) is 7.26. The highest BCUT2D eigenvalue weighted by molar-refractivity contribution is 5.92. The van der Waals surface area contributed by atoms with E-state index in [1.165, 1.54) is 11.1 Å². The Hall–Kier alpha value is -1.13. The molecule has 7 atom stereocenters. The van der Waals surface area contributed by atoms with Crippen LogP contribution in [0.1, 0.15) is 46.5 Å². The standard InChI is InChI=1S/C21H26O4/c1-10(2)13-7-17-21(25-17)19(4)6-5-12-14(9-23-18(12)22)15(19)8-16-20(21,24-16)11(13)3/h10,13,15-17H,3,5-9H2,1-2,4H3/t13?,15?,16?,17?,19-,20?,21?/m1/s1. The van der Waals surface area contributed by atoms with Crippen LogP contribution < -0.4 is 0 Å². The van der Waals surface area contributed by atoms with Gasteiger partial charge in [0.05, 0.1) is 12.2 Å². The lowest BCUT2D eigenvalue weighted by molar-refractivity contribution is -0.136. The van der Waals surface area contributed by atoms with Crippen LogP contribution >= 0.6 is 0 Å². The van der Waals surface area contributed by atoms with Crippen LogP contribution in [0.4, 0.5) is 0 Å². The lowest BCUT2D eigenvalue weighted by Gasteiger charge is -2.53. The number of carbonyl (C=O) groups is 1. The van der Waals surface area contributed by atoms with Crippen molar-refractivity contribution in [3.05, 3.63) is 23.3 Å². The van der Waals surface area contributed by atoms with Gasteiger partial charge in [0.2, 0.25) is 0 Å². The molecule has 3 heterocycles. The number of hydrogen-bond donors (Lipinski definition) is 0. The minimum Gasteiger partial charge on any atom is -0.458 e. The third-order valence-corrected chi connectivity index (χ3v) is 8.57. The normalized spacial score (nSPS) is 55.0. The molecule has 2 saturated heterocycles. The minimum atomic E-state index is -0.266. The van der Waals surface area contributed by atoms with Crippen molar-refractivity contribution in [2.24, 2.45) is 23.2 Å². The summed E-state index contributed by atoms with van der Waals surface area (Å²) in [4.78, 5) is 12.1. The van der Waals surface area contributed by atoms with Crippen molar-refractivity contribution in [3.63, 3.8) is 0 Å². The van der Waals surface area contributed by atoms with Gasteiger partial charge in [-0.3, -0.25) is 0 Å². The molecule has 2 saturated carbocycles. The minimum absolute atomic E-state index is 0.0162. The lowest BCUT2D eigenvalue weighted by Crippen LogP contribution is -2.62. The maximum Gasteiger partial charge on any atom is 0.334 e. The van der Waals surface area contributed by atoms with Crippen LogP contribution in [0.3, 0.4) is 0 Å². The Labute approximate surface area is 148 Å². The highest BCUT2D eigenvalue weighted by atomic mass is 16.7. The molecule has 3 aliphatic heterocycles. The topological polar surface area (TPSA) is 51.4 Å². The van der Waals surface area contributed by atoms with Crippen molar-refractivity contribution in [1.82, 2.24) is 0 Å². The van der Waals surface area contributed by atoms with Crippen LogP contribution in [0.5, 0.6) is 0 Å². The number of cyclic esters (lactones) is 1. The highest BCUT2D eigenvalue weighted by Gasteiger charge is 2.91. The predicted octanol–water partition coefficient (Wildman–Crippen LogP) is 3.17. The first kappa shape index (κ1) is 15.0. The predicted molar refractivity (Wildman–Crippen MR) is 90.7 cm³/mol. The van der Waals surface area contributed by atoms with Gasteiger partial charge in [-0.05, 0) is 54.6 Å². The number of esters is 1. The van der Waals surface area contributed by atoms with Gasteiger partial charge in [0.25, 0.3) is 0 Å². The third-order valence-electron chi connectivity index (χ3n) is 8.57. The first-order chi connectivity index (χ1) is 11.9. The van der Waals surface area contributed by atoms with E-state index in [0.717, 1.165) is 31.3 Å². The summed E-state index contributed by atoms with van der Waals surface area (Å²) in [5.74, 6) is 1.31. The summed E-state index contributed by atoms with van der Waals surface area (Å²) in [6, 6.07) is 0. The van der Waals surface area contributed by atoms with Gasteiger partial charge in [0.1, 0.15) is 17.8 Å². The molecule has 4 nitrogen and oxygen atoms in total. The second-order valence-corrected chi connectivity index (χ2v) is 9.58. The maximum absolute atomic E-state index is 12.1. The van der Waals surface area contributed by atoms with Crippen LogP contribution in [0.25, 0.3) is 0 Å². The molecular formula is C21H26O4. The van der Waals surface area contributed by atoms with Gasteiger partial charge in [0.15, 0.2) is 0 Å². The summed E-state index contributed by atoms with van der Waals surface area (Å²) < 4.78 is 18.4. The van der Waals surface area contributed by atoms with E-state index in [9.17, 15) is 4.79 Å². The molecule has 0 bridgehead atoms. The van der Waals surface area contributed by atoms with E-state index in [2.05, 4.69) is 27.4 Å². The van der Waals surface area contributed by atoms with E-state index in [1.807, 2.05) is 0 Å². The Morgan fingerprint density at radius 3 is 2.76 bits per heavy atom. The quantitative estimate of drug-likeness (QED) is 0.417. The SMILES string of the molecule is C=C1C(C(C)C)CC2OC23C12OC2CC1C2=C(CC[C@]13C)C(=O)OC2. The van der Waals surface area contributed by atoms with Gasteiger partial charge in [-0.15, -0.1) is 0 Å². The highest BCUT2D eigenvalue weighted by Crippen LogP contribution is 2.80. The summed E-state index contributed by atoms with van der Waals surface area (Å²) in [6.45, 7) is 12.0. The molecule has 25 heavy (non-hydrogen) atoms. The molecule has 0 N–H and O–H groups in total. The van der Waals surface area contributed by atoms with Gasteiger partial charge in [-0.1, -0.05) is 27.4 Å². The number of ether oxygens (including phenoxy) is 3. The molecule has 6 rings (SSSR count). The zero-order valence-electron chi connectivity index (χ0n) is 15.3. The van der Waals surface area contributed by atoms with Gasteiger partial charge < -0.3 is 14.2 Å². The summed E-state index contributed by atoms with van der Waals surface area (Å²) >= 11 is 0. The van der Waals surface area contributed by atoms with Crippen molar-refractivity contribution in [1.29, 1.82) is 0 Å². The molecule has 0 aromatic rings. The summed E-state index contributed by atoms with van der Waals surface area (Å²) in [7, 11) is 0. The Morgan fingerprint density at radius 2 is 2.00 bits per heavy atom. The molecule has 4 heteroatoms. The molecular weight excluding hydrogens is 316 g/mol. The molecule has 0 aromatic heterocycles. The monoisotopic (exact) mass is 342 g/mol. The van der Waals surface area contributed by atoms with Crippen molar-refractivity contribution >= 4 is 5.97 Å². The fourth-order valence-corrected chi connectivity index (χ4v) is 7.26. The van der Waals surface area contributed by atoms with E-state index in [0.29, 0.717) is 24.4 Å². The number of epoxide rings is 2. The lowest BCUT2D eigenvalue weighted by atomic mass is 9.46. The Kier molecular flexibility index (Phi) is 2.44. The first-order valence-electron chi connectivity index (χ1n) is 9.81. The smallest absolute Gasteiger partial charge is 0.334 e. The first-order valence-corrected chi connectivity index (χ1v) is 9.81. The van der Waals surface area contributed by atoms with Crippen LogP contribution in [0, 0.1) is 23.2 Å². The molecule has 0 radical (unpaired) electrons. The average molecular weight is 342 g/mol. The molecule has 3 aliphatic carbocycles. The van der Waals surface area contributed by atoms with Gasteiger partial charge >= 0.3 is 5.97 Å². The van der Waals surface area contributed by atoms with E-state index in [-0.39, 0.29) is 34.8 Å². The molecule has 0 amide bonds. The summed E-state index contributed by atoms with van der Waals surface area (Å²) in [5, 5.41) is 0. The molecule has 4 fully saturated rings. The largest absolute Gasteiger partial charge is 0.458 e. The van der Waals surface area contributed by atoms with Crippen LogP contribution in [0.15, 0.2) is 23.3 Å². The van der Waals surface area contributed by atoms with Crippen LogP contribution in [-0.2, 0) is 19.0 Å². The molecule has 0 aromatic carbocycles. The summed E-state index contributed by atoms with van der Waals surface area (Å²) in [5.41, 5.74) is 2.99. The second-order valence-electron chi connectivity index (χ2n) is 9.58. The van der Waals surface area contributed by atoms with Crippen molar-refractivity contribution in [3.8, 4) is 0 Å². The number of carbonyl (C=O) groups excluding carboxylic acids is 1. The molecule has 6 unspecified atom stereocenters. The van der Waals surface area contributed by atoms with E-state index in [1.54, 1.807) is 0 Å². The van der Waals surface area contributed by atoms with E-state index < -0.39 is 0 Å². The number of fused-ring (bicyclic) bond motifs is 2. The van der Waals surface area contributed by atoms with Gasteiger partial charge in [-0.2, -0.15) is 0 Å². The Morgan fingerprint density at radius 1 is 1.20 bits per heavy atom. The van der Waals surface area contributed by atoms with E-state index >= 15 is 0 Å². The van der Waals surface area contributed by atoms with Crippen LogP contribution in [-0.4, -0.2) is 36.0 Å². The van der Waals surface area contributed by atoms with Crippen molar-refractivity contribution < 1.29 is 19.0 Å². The summed E-state index contributed by atoms with van der Waals surface area (Å²) in [6.07, 6.45) is 4.33. The molecule has 2 spiro atoms. The van der Waals surface area contributed by atoms with Crippen molar-refractivity contribution in [2.45, 2.75) is 69.9 Å². The number of rotatable bonds is 1. The van der Waals surface area contributed by atoms with Gasteiger partial charge in [-0.25, -0.2) is 4.79 Å². The Bertz CT molecular complexity index is 766. The fraction of sp³-hybridized carbons (Fsp3) is 0.762. The Balaban J connectivity index is 1.48. The maximum atomic E-state index is 12.1. The average Bonchev–Trinajstić information content (AvgIpc) is 3.44. The van der Waals surface area contributed by atoms with Crippen LogP contribution in [0.2, 0.25) is 0 Å². The third kappa shape index (κ3) is 1.35. The second kappa shape index (κ2) is 4.07. The molecule has 134 valence electrons. The van der Waals surface area contributed by atoms with Gasteiger partial charge in [0, 0.05) is 11.0 Å². The molecule has 6 aliphatic rings. The zero-order chi connectivity index (χ0) is 17.4. The zero-order valence-corrected chi connectivity index (χ0v) is 15.3. The van der Waals surface area contributed by atoms with Crippen molar-refractivity contribution in [2.75, 3.05) is 6.61 Å². The van der Waals surface area contributed by atoms with E-state index in [4.69, 9.17) is 14.2 Å². The number of hydrogen-bond acceptors (Lipinski definition) is 4.